The highest BCUT2D eigenvalue weighted by Gasteiger charge is 2.19. The van der Waals surface area contributed by atoms with Gasteiger partial charge >= 0.3 is 0 Å². The standard InChI is InChI=1S/C35H36F2N4OS2/c1-24(36)20-40(3)22-33-38-18-31(43-33)29-13-9-27(10-14-29)28-11-15-30(16-12-28)32-19-39-34(44-32)23-41(21-25(2)37)35(42)17-26-7-5-4-6-8-26/h4-16,18-19,24-25H,17,20-23H2,1-3H3/t24-,25-/m1/s1. The summed E-state index contributed by atoms with van der Waals surface area (Å²) in [5.74, 6) is -0.112. The van der Waals surface area contributed by atoms with Crippen molar-refractivity contribution >= 4 is 28.6 Å². The van der Waals surface area contributed by atoms with E-state index in [1.165, 1.54) is 18.3 Å². The first kappa shape index (κ1) is 31.6. The average molecular weight is 631 g/mol. The van der Waals surface area contributed by atoms with Gasteiger partial charge in [0.15, 0.2) is 0 Å². The van der Waals surface area contributed by atoms with Crippen molar-refractivity contribution in [3.63, 3.8) is 0 Å². The lowest BCUT2D eigenvalue weighted by atomic mass is 10.0. The van der Waals surface area contributed by atoms with Gasteiger partial charge in [-0.3, -0.25) is 9.69 Å². The average Bonchev–Trinajstić information content (AvgIpc) is 3.67. The SMILES string of the molecule is C[C@@H](F)CN(C)Cc1ncc(-c2ccc(-c3ccc(-c4cnc(CN(C[C@@H](C)F)C(=O)Cc5ccccc5)s4)cc3)cc2)s1. The molecule has 0 aliphatic rings. The van der Waals surface area contributed by atoms with Crippen molar-refractivity contribution in [2.24, 2.45) is 0 Å². The summed E-state index contributed by atoms with van der Waals surface area (Å²) in [6.07, 6.45) is 1.95. The highest BCUT2D eigenvalue weighted by atomic mass is 32.1. The van der Waals surface area contributed by atoms with E-state index in [4.69, 9.17) is 0 Å². The molecule has 0 aliphatic heterocycles. The maximum Gasteiger partial charge on any atom is 0.227 e. The van der Waals surface area contributed by atoms with Gasteiger partial charge in [-0.25, -0.2) is 18.7 Å². The second kappa shape index (κ2) is 14.8. The molecule has 0 aliphatic carbocycles. The molecule has 2 atom stereocenters. The molecule has 5 rings (SSSR count). The summed E-state index contributed by atoms with van der Waals surface area (Å²) >= 11 is 3.15. The molecule has 228 valence electrons. The van der Waals surface area contributed by atoms with Crippen molar-refractivity contribution in [2.45, 2.75) is 45.7 Å². The Kier molecular flexibility index (Phi) is 10.6. The van der Waals surface area contributed by atoms with Gasteiger partial charge in [-0.1, -0.05) is 78.9 Å². The lowest BCUT2D eigenvalue weighted by Gasteiger charge is -2.22. The van der Waals surface area contributed by atoms with Gasteiger partial charge in [0.2, 0.25) is 5.91 Å². The molecule has 1 amide bonds. The Labute approximate surface area is 265 Å². The number of alkyl halides is 2. The van der Waals surface area contributed by atoms with Crippen molar-refractivity contribution in [1.29, 1.82) is 0 Å². The number of amides is 1. The maximum absolute atomic E-state index is 14.0. The van der Waals surface area contributed by atoms with Crippen LogP contribution in [0.2, 0.25) is 0 Å². The van der Waals surface area contributed by atoms with Crippen molar-refractivity contribution < 1.29 is 13.6 Å². The lowest BCUT2D eigenvalue weighted by molar-refractivity contribution is -0.131. The quantitative estimate of drug-likeness (QED) is 0.131. The van der Waals surface area contributed by atoms with E-state index in [2.05, 4.69) is 58.5 Å². The summed E-state index contributed by atoms with van der Waals surface area (Å²) in [7, 11) is 1.91. The molecule has 0 radical (unpaired) electrons. The molecule has 2 heterocycles. The highest BCUT2D eigenvalue weighted by Crippen LogP contribution is 2.32. The van der Waals surface area contributed by atoms with Crippen molar-refractivity contribution in [2.75, 3.05) is 20.1 Å². The molecule has 0 saturated heterocycles. The molecular weight excluding hydrogens is 595 g/mol. The number of carbonyl (C=O) groups excluding carboxylic acids is 1. The topological polar surface area (TPSA) is 49.3 Å². The van der Waals surface area contributed by atoms with E-state index in [0.717, 1.165) is 47.6 Å². The van der Waals surface area contributed by atoms with E-state index in [1.807, 2.05) is 54.7 Å². The Balaban J connectivity index is 1.22. The Bertz CT molecular complexity index is 1630. The Morgan fingerprint density at radius 3 is 1.68 bits per heavy atom. The van der Waals surface area contributed by atoms with Crippen LogP contribution >= 0.6 is 22.7 Å². The van der Waals surface area contributed by atoms with E-state index >= 15 is 0 Å². The molecule has 0 unspecified atom stereocenters. The van der Waals surface area contributed by atoms with Crippen LogP contribution in [0.3, 0.4) is 0 Å². The third kappa shape index (κ3) is 8.65. The fourth-order valence-corrected chi connectivity index (χ4v) is 6.96. The predicted octanol–water partition coefficient (Wildman–Crippen LogP) is 8.32. The smallest absolute Gasteiger partial charge is 0.227 e. The molecule has 0 fully saturated rings. The first-order chi connectivity index (χ1) is 21.2. The number of carbonyl (C=O) groups is 1. The number of halogens is 2. The number of rotatable bonds is 13. The largest absolute Gasteiger partial charge is 0.333 e. The van der Waals surface area contributed by atoms with Gasteiger partial charge < -0.3 is 4.90 Å². The number of hydrogen-bond donors (Lipinski definition) is 0. The first-order valence-corrected chi connectivity index (χ1v) is 16.3. The Morgan fingerprint density at radius 1 is 0.705 bits per heavy atom. The molecule has 0 saturated carbocycles. The van der Waals surface area contributed by atoms with E-state index in [9.17, 15) is 13.6 Å². The lowest BCUT2D eigenvalue weighted by Crippen LogP contribution is -2.36. The summed E-state index contributed by atoms with van der Waals surface area (Å²) in [6.45, 7) is 4.38. The van der Waals surface area contributed by atoms with E-state index in [1.54, 1.807) is 23.2 Å². The molecule has 44 heavy (non-hydrogen) atoms. The molecule has 0 spiro atoms. The van der Waals surface area contributed by atoms with Gasteiger partial charge in [-0.05, 0) is 48.7 Å². The molecule has 5 aromatic rings. The second-order valence-corrected chi connectivity index (χ2v) is 13.3. The fourth-order valence-electron chi connectivity index (χ4n) is 5.02. The van der Waals surface area contributed by atoms with Crippen LogP contribution in [0.1, 0.15) is 29.4 Å². The first-order valence-electron chi connectivity index (χ1n) is 14.6. The Morgan fingerprint density at radius 2 is 1.18 bits per heavy atom. The number of hydrogen-bond acceptors (Lipinski definition) is 6. The van der Waals surface area contributed by atoms with Crippen LogP contribution in [0.15, 0.2) is 91.3 Å². The molecular formula is C35H36F2N4OS2. The van der Waals surface area contributed by atoms with E-state index in [0.29, 0.717) is 13.1 Å². The van der Waals surface area contributed by atoms with Crippen LogP contribution in [0.5, 0.6) is 0 Å². The molecule has 0 N–H and O–H groups in total. The monoisotopic (exact) mass is 630 g/mol. The summed E-state index contributed by atoms with van der Waals surface area (Å²) in [4.78, 5) is 27.7. The fraction of sp³-hybridized carbons (Fsp3) is 0.286. The van der Waals surface area contributed by atoms with Crippen LogP contribution in [0.25, 0.3) is 32.0 Å². The number of nitrogens with zero attached hydrogens (tertiary/aromatic N) is 4. The van der Waals surface area contributed by atoms with Crippen LogP contribution in [-0.4, -0.2) is 58.2 Å². The van der Waals surface area contributed by atoms with Gasteiger partial charge in [0.1, 0.15) is 22.4 Å². The van der Waals surface area contributed by atoms with Crippen molar-refractivity contribution in [3.8, 4) is 32.0 Å². The maximum atomic E-state index is 14.0. The van der Waals surface area contributed by atoms with Crippen LogP contribution in [0.4, 0.5) is 8.78 Å². The number of aromatic nitrogens is 2. The van der Waals surface area contributed by atoms with Gasteiger partial charge in [0, 0.05) is 18.9 Å². The molecule has 0 bridgehead atoms. The molecule has 5 nitrogen and oxygen atoms in total. The van der Waals surface area contributed by atoms with Crippen LogP contribution in [-0.2, 0) is 24.3 Å². The van der Waals surface area contributed by atoms with E-state index < -0.39 is 12.3 Å². The van der Waals surface area contributed by atoms with Gasteiger partial charge in [0.05, 0.1) is 35.8 Å². The number of thiazole rings is 2. The minimum atomic E-state index is -1.13. The van der Waals surface area contributed by atoms with Gasteiger partial charge in [0.25, 0.3) is 0 Å². The molecule has 2 aromatic heterocycles. The number of benzene rings is 3. The zero-order chi connectivity index (χ0) is 31.1. The molecule has 3 aromatic carbocycles. The molecule has 9 heteroatoms. The van der Waals surface area contributed by atoms with E-state index in [-0.39, 0.29) is 25.4 Å². The summed E-state index contributed by atoms with van der Waals surface area (Å²) in [5, 5.41) is 1.74. The summed E-state index contributed by atoms with van der Waals surface area (Å²) in [6, 6.07) is 26.3. The van der Waals surface area contributed by atoms with Crippen LogP contribution in [0, 0.1) is 0 Å². The zero-order valence-electron chi connectivity index (χ0n) is 25.1. The second-order valence-electron chi connectivity index (χ2n) is 11.1. The minimum Gasteiger partial charge on any atom is -0.333 e. The van der Waals surface area contributed by atoms with Gasteiger partial charge in [-0.2, -0.15) is 0 Å². The third-order valence-electron chi connectivity index (χ3n) is 7.10. The van der Waals surface area contributed by atoms with Crippen molar-refractivity contribution in [3.05, 3.63) is 107 Å². The summed E-state index contributed by atoms with van der Waals surface area (Å²) in [5.41, 5.74) is 5.27. The third-order valence-corrected chi connectivity index (χ3v) is 9.16. The van der Waals surface area contributed by atoms with Crippen LogP contribution < -0.4 is 0 Å². The normalized spacial score (nSPS) is 12.8. The predicted molar refractivity (Wildman–Crippen MR) is 177 cm³/mol. The minimum absolute atomic E-state index is 0.0371. The van der Waals surface area contributed by atoms with Gasteiger partial charge in [-0.15, -0.1) is 22.7 Å². The zero-order valence-corrected chi connectivity index (χ0v) is 26.8. The summed E-state index contributed by atoms with van der Waals surface area (Å²) < 4.78 is 27.2. The van der Waals surface area contributed by atoms with Crippen molar-refractivity contribution in [1.82, 2.24) is 19.8 Å². The highest BCUT2D eigenvalue weighted by molar-refractivity contribution is 7.15. The Hall–Kier alpha value is -3.79.